The van der Waals surface area contributed by atoms with Crippen molar-refractivity contribution in [3.63, 3.8) is 0 Å². The molecule has 0 nitrogen and oxygen atoms in total. The summed E-state index contributed by atoms with van der Waals surface area (Å²) in [6, 6.07) is 0. The maximum Gasteiger partial charge on any atom is -0.00771 e. The molecule has 0 saturated heterocycles. The van der Waals surface area contributed by atoms with E-state index in [2.05, 4.69) is 48.1 Å². The van der Waals surface area contributed by atoms with E-state index in [-0.39, 0.29) is 0 Å². The fraction of sp³-hybridized carbons (Fsp3) is 0.375. The van der Waals surface area contributed by atoms with Crippen LogP contribution in [0, 0.1) is 27.7 Å². The monoisotopic (exact) mass is 212 g/mol. The van der Waals surface area contributed by atoms with Crippen molar-refractivity contribution in [2.75, 3.05) is 0 Å². The summed E-state index contributed by atoms with van der Waals surface area (Å²) in [5.41, 5.74) is 12.5. The van der Waals surface area contributed by atoms with Gasteiger partial charge in [-0.25, -0.2) is 0 Å². The Labute approximate surface area is 98.7 Å². The van der Waals surface area contributed by atoms with E-state index in [4.69, 9.17) is 0 Å². The number of rotatable bonds is 0. The lowest BCUT2D eigenvalue weighted by molar-refractivity contribution is 1.19. The van der Waals surface area contributed by atoms with E-state index in [1.807, 2.05) is 0 Å². The molecule has 0 N–H and O–H groups in total. The van der Waals surface area contributed by atoms with Crippen LogP contribution in [-0.2, 0) is 0 Å². The van der Waals surface area contributed by atoms with Gasteiger partial charge < -0.3 is 0 Å². The molecule has 2 rings (SSSR count). The van der Waals surface area contributed by atoms with E-state index in [1.165, 1.54) is 50.1 Å². The fourth-order valence-corrected chi connectivity index (χ4v) is 2.76. The molecule has 0 radical (unpaired) electrons. The molecular weight excluding hydrogens is 192 g/mol. The van der Waals surface area contributed by atoms with Crippen molar-refractivity contribution in [3.05, 3.63) is 45.5 Å². The lowest BCUT2D eigenvalue weighted by Gasteiger charge is -2.17. The Kier molecular flexibility index (Phi) is 2.34. The number of benzene rings is 1. The van der Waals surface area contributed by atoms with Crippen LogP contribution >= 0.6 is 0 Å². The molecule has 84 valence electrons. The molecule has 0 aromatic heterocycles. The lowest BCUT2D eigenvalue weighted by Crippen LogP contribution is -1.99. The van der Waals surface area contributed by atoms with Gasteiger partial charge in [-0.05, 0) is 91.6 Å². The van der Waals surface area contributed by atoms with Crippen molar-refractivity contribution in [3.8, 4) is 0 Å². The van der Waals surface area contributed by atoms with Gasteiger partial charge in [-0.1, -0.05) is 6.58 Å². The minimum absolute atomic E-state index is 1.22. The minimum Gasteiger partial charge on any atom is -0.0909 e. The SMILES string of the molecule is C=C1C(C)=C(C)c2c(C)c(C)c(C)c(C)c21. The average molecular weight is 212 g/mol. The zero-order chi connectivity index (χ0) is 12.2. The van der Waals surface area contributed by atoms with Crippen LogP contribution in [0.1, 0.15) is 47.2 Å². The first kappa shape index (κ1) is 11.2. The molecule has 16 heavy (non-hydrogen) atoms. The van der Waals surface area contributed by atoms with Crippen LogP contribution in [0.15, 0.2) is 12.2 Å². The van der Waals surface area contributed by atoms with Crippen LogP contribution < -0.4 is 0 Å². The highest BCUT2D eigenvalue weighted by molar-refractivity contribution is 6.00. The van der Waals surface area contributed by atoms with Crippen molar-refractivity contribution in [2.24, 2.45) is 0 Å². The Hall–Kier alpha value is -1.30. The average Bonchev–Trinajstić information content (AvgIpc) is 2.48. The molecule has 0 atom stereocenters. The molecule has 0 unspecified atom stereocenters. The summed E-state index contributed by atoms with van der Waals surface area (Å²) < 4.78 is 0. The summed E-state index contributed by atoms with van der Waals surface area (Å²) in [6.45, 7) is 17.5. The molecule has 0 bridgehead atoms. The number of allylic oxidation sites excluding steroid dienone is 3. The van der Waals surface area contributed by atoms with E-state index in [0.717, 1.165) is 0 Å². The molecule has 0 amide bonds. The molecule has 0 aliphatic heterocycles. The standard InChI is InChI=1S/C16H20/c1-8-9(2)12(5)16-14(7)10(3)13(6)15(16)11(8)4/h6H2,1-5,7H3. The fourth-order valence-electron chi connectivity index (χ4n) is 2.76. The molecule has 1 aliphatic rings. The van der Waals surface area contributed by atoms with E-state index in [0.29, 0.717) is 0 Å². The summed E-state index contributed by atoms with van der Waals surface area (Å²) in [5.74, 6) is 0. The van der Waals surface area contributed by atoms with Crippen LogP contribution in [0.5, 0.6) is 0 Å². The van der Waals surface area contributed by atoms with E-state index < -0.39 is 0 Å². The second-order valence-electron chi connectivity index (χ2n) is 4.98. The molecule has 0 saturated carbocycles. The van der Waals surface area contributed by atoms with Crippen molar-refractivity contribution in [1.29, 1.82) is 0 Å². The first-order valence-corrected chi connectivity index (χ1v) is 5.85. The van der Waals surface area contributed by atoms with Crippen LogP contribution in [0.25, 0.3) is 11.1 Å². The predicted octanol–water partition coefficient (Wildman–Crippen LogP) is 4.74. The van der Waals surface area contributed by atoms with Crippen molar-refractivity contribution >= 4 is 11.1 Å². The molecule has 0 heteroatoms. The lowest BCUT2D eigenvalue weighted by atomic mass is 9.88. The van der Waals surface area contributed by atoms with Crippen molar-refractivity contribution < 1.29 is 0 Å². The van der Waals surface area contributed by atoms with Crippen molar-refractivity contribution in [1.82, 2.24) is 0 Å². The third-order valence-electron chi connectivity index (χ3n) is 4.38. The van der Waals surface area contributed by atoms with E-state index >= 15 is 0 Å². The highest BCUT2D eigenvalue weighted by Gasteiger charge is 2.25. The van der Waals surface area contributed by atoms with E-state index in [9.17, 15) is 0 Å². The summed E-state index contributed by atoms with van der Waals surface area (Å²) in [6.07, 6.45) is 0. The molecule has 0 heterocycles. The Bertz CT molecular complexity index is 540. The van der Waals surface area contributed by atoms with Gasteiger partial charge in [0.05, 0.1) is 0 Å². The van der Waals surface area contributed by atoms with Gasteiger partial charge in [0, 0.05) is 0 Å². The molecule has 1 aromatic rings. The Balaban J connectivity index is 2.94. The summed E-state index contributed by atoms with van der Waals surface area (Å²) in [7, 11) is 0. The van der Waals surface area contributed by atoms with Crippen LogP contribution in [0.3, 0.4) is 0 Å². The molecule has 0 fully saturated rings. The van der Waals surface area contributed by atoms with Gasteiger partial charge in [0.15, 0.2) is 0 Å². The number of fused-ring (bicyclic) bond motifs is 1. The summed E-state index contributed by atoms with van der Waals surface area (Å²) in [4.78, 5) is 0. The molecule has 0 spiro atoms. The third kappa shape index (κ3) is 1.16. The summed E-state index contributed by atoms with van der Waals surface area (Å²) in [5, 5.41) is 0. The topological polar surface area (TPSA) is 0 Å². The first-order chi connectivity index (χ1) is 7.37. The Morgan fingerprint density at radius 2 is 1.00 bits per heavy atom. The Morgan fingerprint density at radius 3 is 1.50 bits per heavy atom. The summed E-state index contributed by atoms with van der Waals surface area (Å²) >= 11 is 0. The highest BCUT2D eigenvalue weighted by Crippen LogP contribution is 2.45. The van der Waals surface area contributed by atoms with Crippen LogP contribution in [0.2, 0.25) is 0 Å². The second kappa shape index (κ2) is 3.35. The maximum absolute atomic E-state index is 4.24. The van der Waals surface area contributed by atoms with Gasteiger partial charge in [-0.15, -0.1) is 0 Å². The first-order valence-electron chi connectivity index (χ1n) is 5.85. The van der Waals surface area contributed by atoms with Gasteiger partial charge >= 0.3 is 0 Å². The maximum atomic E-state index is 4.24. The van der Waals surface area contributed by atoms with E-state index in [1.54, 1.807) is 0 Å². The second-order valence-corrected chi connectivity index (χ2v) is 4.98. The molecule has 1 aliphatic carbocycles. The Morgan fingerprint density at radius 1 is 0.562 bits per heavy atom. The minimum atomic E-state index is 1.22. The normalized spacial score (nSPS) is 14.8. The number of hydrogen-bond acceptors (Lipinski definition) is 0. The van der Waals surface area contributed by atoms with Gasteiger partial charge in [-0.3, -0.25) is 0 Å². The zero-order valence-corrected chi connectivity index (χ0v) is 11.2. The molecular formula is C16H20. The van der Waals surface area contributed by atoms with Gasteiger partial charge in [0.2, 0.25) is 0 Å². The van der Waals surface area contributed by atoms with Gasteiger partial charge in [0.25, 0.3) is 0 Å². The van der Waals surface area contributed by atoms with Gasteiger partial charge in [-0.2, -0.15) is 0 Å². The predicted molar refractivity (Wildman–Crippen MR) is 72.7 cm³/mol. The smallest absolute Gasteiger partial charge is 0.00771 e. The zero-order valence-electron chi connectivity index (χ0n) is 11.2. The molecule has 1 aromatic carbocycles. The highest BCUT2D eigenvalue weighted by atomic mass is 14.3. The quantitative estimate of drug-likeness (QED) is 0.582. The third-order valence-corrected chi connectivity index (χ3v) is 4.38. The number of hydrogen-bond donors (Lipinski definition) is 0. The largest absolute Gasteiger partial charge is 0.0909 e. The van der Waals surface area contributed by atoms with Crippen LogP contribution in [-0.4, -0.2) is 0 Å². The van der Waals surface area contributed by atoms with Crippen molar-refractivity contribution in [2.45, 2.75) is 41.5 Å². The van der Waals surface area contributed by atoms with Crippen LogP contribution in [0.4, 0.5) is 0 Å². The van der Waals surface area contributed by atoms with Gasteiger partial charge in [0.1, 0.15) is 0 Å².